The highest BCUT2D eigenvalue weighted by atomic mass is 16.4. The van der Waals surface area contributed by atoms with E-state index in [1.165, 1.54) is 6.21 Å². The van der Waals surface area contributed by atoms with Gasteiger partial charge in [-0.3, -0.25) is 0 Å². The third-order valence-electron chi connectivity index (χ3n) is 2.48. The highest BCUT2D eigenvalue weighted by Crippen LogP contribution is 2.18. The molecule has 2 aromatic rings. The van der Waals surface area contributed by atoms with E-state index < -0.39 is 6.03 Å². The van der Waals surface area contributed by atoms with Crippen molar-refractivity contribution < 1.29 is 9.21 Å². The molecule has 0 saturated carbocycles. The van der Waals surface area contributed by atoms with Gasteiger partial charge in [0, 0.05) is 12.0 Å². The SMILES string of the molecule is CCCc1nnc(-c2ccc(C=NNC(N)=O)cc2)o1. The number of aromatic nitrogens is 2. The molecule has 7 heteroatoms. The average molecular weight is 273 g/mol. The summed E-state index contributed by atoms with van der Waals surface area (Å²) in [7, 11) is 0. The number of benzene rings is 1. The van der Waals surface area contributed by atoms with Crippen LogP contribution in [0.15, 0.2) is 33.8 Å². The topological polar surface area (TPSA) is 106 Å². The molecule has 0 radical (unpaired) electrons. The molecule has 20 heavy (non-hydrogen) atoms. The molecule has 0 fully saturated rings. The number of amides is 2. The van der Waals surface area contributed by atoms with Crippen LogP contribution in [0.3, 0.4) is 0 Å². The molecule has 0 saturated heterocycles. The lowest BCUT2D eigenvalue weighted by Gasteiger charge is -1.96. The molecule has 3 N–H and O–H groups in total. The van der Waals surface area contributed by atoms with Crippen LogP contribution >= 0.6 is 0 Å². The second-order valence-corrected chi connectivity index (χ2v) is 4.11. The molecule has 1 aromatic carbocycles. The van der Waals surface area contributed by atoms with E-state index in [2.05, 4.69) is 27.6 Å². The minimum atomic E-state index is -0.702. The molecule has 0 bridgehead atoms. The third-order valence-corrected chi connectivity index (χ3v) is 2.48. The van der Waals surface area contributed by atoms with Crippen molar-refractivity contribution in [2.24, 2.45) is 10.8 Å². The van der Waals surface area contributed by atoms with E-state index >= 15 is 0 Å². The minimum absolute atomic E-state index is 0.493. The summed E-state index contributed by atoms with van der Waals surface area (Å²) in [6.45, 7) is 2.05. The Morgan fingerprint density at radius 3 is 2.80 bits per heavy atom. The molecule has 104 valence electrons. The predicted molar refractivity (Wildman–Crippen MR) is 74.0 cm³/mol. The summed E-state index contributed by atoms with van der Waals surface area (Å²) in [4.78, 5) is 10.5. The zero-order chi connectivity index (χ0) is 14.4. The molecule has 0 aliphatic carbocycles. The fraction of sp³-hybridized carbons (Fsp3) is 0.231. The van der Waals surface area contributed by atoms with E-state index in [0.29, 0.717) is 11.8 Å². The molecule has 0 unspecified atom stereocenters. The molecule has 1 heterocycles. The number of carbonyl (C=O) groups excluding carboxylic acids is 1. The number of primary amides is 1. The first kappa shape index (κ1) is 13.7. The van der Waals surface area contributed by atoms with E-state index in [4.69, 9.17) is 10.2 Å². The van der Waals surface area contributed by atoms with Gasteiger partial charge in [0.15, 0.2) is 0 Å². The van der Waals surface area contributed by atoms with Crippen molar-refractivity contribution >= 4 is 12.2 Å². The number of hydrogen-bond donors (Lipinski definition) is 2. The predicted octanol–water partition coefficient (Wildman–Crippen LogP) is 1.69. The van der Waals surface area contributed by atoms with Gasteiger partial charge in [-0.1, -0.05) is 19.1 Å². The first-order chi connectivity index (χ1) is 9.69. The maximum atomic E-state index is 10.5. The summed E-state index contributed by atoms with van der Waals surface area (Å²) in [5, 5.41) is 11.6. The fourth-order valence-electron chi connectivity index (χ4n) is 1.57. The molecule has 2 amide bonds. The second-order valence-electron chi connectivity index (χ2n) is 4.11. The summed E-state index contributed by atoms with van der Waals surface area (Å²) in [6.07, 6.45) is 3.23. The van der Waals surface area contributed by atoms with E-state index in [9.17, 15) is 4.79 Å². The monoisotopic (exact) mass is 273 g/mol. The maximum absolute atomic E-state index is 10.5. The Labute approximate surface area is 115 Å². The molecule has 0 aliphatic rings. The Kier molecular flexibility index (Phi) is 4.43. The first-order valence-electron chi connectivity index (χ1n) is 6.20. The number of nitrogens with two attached hydrogens (primary N) is 1. The zero-order valence-electron chi connectivity index (χ0n) is 11.0. The minimum Gasteiger partial charge on any atom is -0.421 e. The standard InChI is InChI=1S/C13H15N5O2/c1-2-3-11-16-17-12(20-11)10-6-4-9(5-7-10)8-15-18-13(14)19/h4-8H,2-3H2,1H3,(H3,14,18,19). The van der Waals surface area contributed by atoms with Crippen LogP contribution in [0.5, 0.6) is 0 Å². The summed E-state index contributed by atoms with van der Waals surface area (Å²) >= 11 is 0. The Balaban J connectivity index is 2.07. The molecular formula is C13H15N5O2. The Bertz CT molecular complexity index is 603. The van der Waals surface area contributed by atoms with Crippen LogP contribution in [0.25, 0.3) is 11.5 Å². The largest absolute Gasteiger partial charge is 0.421 e. The van der Waals surface area contributed by atoms with Gasteiger partial charge in [0.25, 0.3) is 0 Å². The Morgan fingerprint density at radius 1 is 1.40 bits per heavy atom. The lowest BCUT2D eigenvalue weighted by atomic mass is 10.1. The van der Waals surface area contributed by atoms with Crippen LogP contribution < -0.4 is 11.2 Å². The highest BCUT2D eigenvalue weighted by molar-refractivity contribution is 5.82. The Hall–Kier alpha value is -2.70. The van der Waals surface area contributed by atoms with Gasteiger partial charge in [0.05, 0.1) is 6.21 Å². The number of rotatable bonds is 5. The van der Waals surface area contributed by atoms with Crippen molar-refractivity contribution in [1.29, 1.82) is 0 Å². The van der Waals surface area contributed by atoms with Gasteiger partial charge in [0.2, 0.25) is 11.8 Å². The number of urea groups is 1. The van der Waals surface area contributed by atoms with Gasteiger partial charge in [-0.2, -0.15) is 5.10 Å². The number of carbonyl (C=O) groups is 1. The van der Waals surface area contributed by atoms with Gasteiger partial charge >= 0.3 is 6.03 Å². The molecular weight excluding hydrogens is 258 g/mol. The molecule has 0 atom stereocenters. The fourth-order valence-corrected chi connectivity index (χ4v) is 1.57. The third kappa shape index (κ3) is 3.64. The number of aryl methyl sites for hydroxylation is 1. The molecule has 2 rings (SSSR count). The van der Waals surface area contributed by atoms with Crippen LogP contribution in [0, 0.1) is 0 Å². The van der Waals surface area contributed by atoms with E-state index in [0.717, 1.165) is 24.0 Å². The molecule has 0 aliphatic heterocycles. The quantitative estimate of drug-likeness (QED) is 0.638. The van der Waals surface area contributed by atoms with Crippen LogP contribution in [-0.4, -0.2) is 22.4 Å². The first-order valence-corrected chi connectivity index (χ1v) is 6.20. The highest BCUT2D eigenvalue weighted by Gasteiger charge is 2.07. The molecule has 1 aromatic heterocycles. The summed E-state index contributed by atoms with van der Waals surface area (Å²) in [6, 6.07) is 6.63. The molecule has 0 spiro atoms. The summed E-state index contributed by atoms with van der Waals surface area (Å²) in [5.41, 5.74) is 8.67. The van der Waals surface area contributed by atoms with Crippen LogP contribution in [-0.2, 0) is 6.42 Å². The van der Waals surface area contributed by atoms with Crippen molar-refractivity contribution in [3.05, 3.63) is 35.7 Å². The van der Waals surface area contributed by atoms with Crippen molar-refractivity contribution in [3.8, 4) is 11.5 Å². The van der Waals surface area contributed by atoms with Crippen molar-refractivity contribution in [3.63, 3.8) is 0 Å². The number of nitrogens with zero attached hydrogens (tertiary/aromatic N) is 3. The van der Waals surface area contributed by atoms with Crippen molar-refractivity contribution in [2.45, 2.75) is 19.8 Å². The lowest BCUT2D eigenvalue weighted by Crippen LogP contribution is -2.24. The second kappa shape index (κ2) is 6.46. The van der Waals surface area contributed by atoms with Gasteiger partial charge in [0.1, 0.15) is 0 Å². The zero-order valence-corrected chi connectivity index (χ0v) is 11.0. The van der Waals surface area contributed by atoms with Crippen molar-refractivity contribution in [1.82, 2.24) is 15.6 Å². The lowest BCUT2D eigenvalue weighted by molar-refractivity contribution is 0.249. The normalized spacial score (nSPS) is 10.8. The van der Waals surface area contributed by atoms with Gasteiger partial charge in [-0.15, -0.1) is 10.2 Å². The average Bonchev–Trinajstić information content (AvgIpc) is 2.88. The summed E-state index contributed by atoms with van der Waals surface area (Å²) < 4.78 is 5.53. The number of nitrogens with one attached hydrogen (secondary N) is 1. The van der Waals surface area contributed by atoms with Gasteiger partial charge in [-0.05, 0) is 24.1 Å². The van der Waals surface area contributed by atoms with Gasteiger partial charge < -0.3 is 10.2 Å². The van der Waals surface area contributed by atoms with Crippen LogP contribution in [0.1, 0.15) is 24.8 Å². The van der Waals surface area contributed by atoms with Crippen LogP contribution in [0.4, 0.5) is 4.79 Å². The van der Waals surface area contributed by atoms with E-state index in [1.807, 2.05) is 24.3 Å². The van der Waals surface area contributed by atoms with E-state index in [1.54, 1.807) is 0 Å². The van der Waals surface area contributed by atoms with Crippen molar-refractivity contribution in [2.75, 3.05) is 0 Å². The number of hydrogen-bond acceptors (Lipinski definition) is 5. The Morgan fingerprint density at radius 2 is 2.15 bits per heavy atom. The van der Waals surface area contributed by atoms with Crippen LogP contribution in [0.2, 0.25) is 0 Å². The number of hydrazone groups is 1. The summed E-state index contributed by atoms with van der Waals surface area (Å²) in [5.74, 6) is 1.13. The smallest absolute Gasteiger partial charge is 0.332 e. The maximum Gasteiger partial charge on any atom is 0.332 e. The van der Waals surface area contributed by atoms with E-state index in [-0.39, 0.29) is 0 Å². The molecule has 7 nitrogen and oxygen atoms in total. The van der Waals surface area contributed by atoms with Gasteiger partial charge in [-0.25, -0.2) is 10.2 Å².